The van der Waals surface area contributed by atoms with E-state index in [0.29, 0.717) is 34.3 Å². The highest BCUT2D eigenvalue weighted by atomic mass is 35.5. The zero-order chi connectivity index (χ0) is 23.0. The zero-order valence-electron chi connectivity index (χ0n) is 17.5. The van der Waals surface area contributed by atoms with Crippen molar-refractivity contribution in [1.29, 1.82) is 0 Å². The Bertz CT molecular complexity index is 1260. The minimum Gasteiger partial charge on any atom is -0.271 e. The average Bonchev–Trinajstić information content (AvgIpc) is 3.36. The van der Waals surface area contributed by atoms with E-state index in [9.17, 15) is 13.2 Å². The van der Waals surface area contributed by atoms with E-state index in [1.54, 1.807) is 0 Å². The third-order valence-corrected chi connectivity index (χ3v) is 9.11. The lowest BCUT2D eigenvalue weighted by molar-refractivity contribution is 0.0813. The fourth-order valence-electron chi connectivity index (χ4n) is 3.77. The molecule has 0 unspecified atom stereocenters. The van der Waals surface area contributed by atoms with E-state index in [0.717, 1.165) is 9.79 Å². The quantitative estimate of drug-likeness (QED) is 0.457. The normalized spacial score (nSPS) is 17.1. The first-order valence-electron chi connectivity index (χ1n) is 10.00. The maximum Gasteiger partial charge on any atom is 0.265 e. The van der Waals surface area contributed by atoms with Crippen LogP contribution in [0.5, 0.6) is 0 Å². The van der Waals surface area contributed by atoms with Gasteiger partial charge in [-0.1, -0.05) is 35.0 Å². The van der Waals surface area contributed by atoms with Crippen LogP contribution >= 0.6 is 35.0 Å². The molecule has 0 N–H and O–H groups in total. The summed E-state index contributed by atoms with van der Waals surface area (Å²) in [5.74, 6) is -0.344. The van der Waals surface area contributed by atoms with Crippen molar-refractivity contribution >= 4 is 50.9 Å². The van der Waals surface area contributed by atoms with Gasteiger partial charge in [-0.2, -0.15) is 9.40 Å². The topological polar surface area (TPSA) is 72.3 Å². The Balaban J connectivity index is 1.62. The van der Waals surface area contributed by atoms with Crippen molar-refractivity contribution in [3.63, 3.8) is 0 Å². The SMILES string of the molecule is Cc1nn(C(=O)[C@H]2CCCN2S(=O)(=O)c2ccc(Cl)cc2)c(C)c1Sc1ccc(Cl)cc1. The molecular weight excluding hydrogens is 489 g/mol. The van der Waals surface area contributed by atoms with Crippen molar-refractivity contribution in [1.82, 2.24) is 14.1 Å². The predicted octanol–water partition coefficient (Wildman–Crippen LogP) is 5.45. The number of carbonyl (C=O) groups excluding carboxylic acids is 1. The van der Waals surface area contributed by atoms with Crippen LogP contribution in [0.15, 0.2) is 63.2 Å². The molecule has 0 spiro atoms. The molecule has 32 heavy (non-hydrogen) atoms. The zero-order valence-corrected chi connectivity index (χ0v) is 20.6. The van der Waals surface area contributed by atoms with Crippen molar-refractivity contribution < 1.29 is 13.2 Å². The van der Waals surface area contributed by atoms with E-state index in [4.69, 9.17) is 23.2 Å². The van der Waals surface area contributed by atoms with Crippen molar-refractivity contribution in [3.05, 3.63) is 70.0 Å². The van der Waals surface area contributed by atoms with Gasteiger partial charge in [0, 0.05) is 21.5 Å². The number of benzene rings is 2. The van der Waals surface area contributed by atoms with E-state index >= 15 is 0 Å². The number of hydrogen-bond donors (Lipinski definition) is 0. The van der Waals surface area contributed by atoms with Crippen LogP contribution in [0.2, 0.25) is 10.0 Å². The van der Waals surface area contributed by atoms with Crippen molar-refractivity contribution in [2.45, 2.75) is 47.4 Å². The van der Waals surface area contributed by atoms with Gasteiger partial charge in [0.2, 0.25) is 10.0 Å². The van der Waals surface area contributed by atoms with Gasteiger partial charge in [-0.25, -0.2) is 13.1 Å². The maximum atomic E-state index is 13.4. The van der Waals surface area contributed by atoms with Crippen molar-refractivity contribution in [3.8, 4) is 0 Å². The molecule has 2 heterocycles. The highest BCUT2D eigenvalue weighted by Crippen LogP contribution is 2.34. The van der Waals surface area contributed by atoms with Crippen LogP contribution < -0.4 is 0 Å². The predicted molar refractivity (Wildman–Crippen MR) is 126 cm³/mol. The van der Waals surface area contributed by atoms with E-state index in [-0.39, 0.29) is 17.3 Å². The van der Waals surface area contributed by atoms with Crippen molar-refractivity contribution in [2.75, 3.05) is 6.54 Å². The van der Waals surface area contributed by atoms with E-state index in [2.05, 4.69) is 5.10 Å². The molecule has 0 amide bonds. The number of carbonyl (C=O) groups is 1. The Morgan fingerprint density at radius 1 is 1.03 bits per heavy atom. The Hall–Kier alpha value is -1.84. The molecule has 168 valence electrons. The molecule has 1 atom stereocenters. The van der Waals surface area contributed by atoms with Crippen LogP contribution in [0.1, 0.15) is 29.0 Å². The Morgan fingerprint density at radius 3 is 2.25 bits per heavy atom. The number of aryl methyl sites for hydroxylation is 1. The fourth-order valence-corrected chi connectivity index (χ4v) is 6.60. The van der Waals surface area contributed by atoms with Gasteiger partial charge in [-0.05, 0) is 75.2 Å². The summed E-state index contributed by atoms with van der Waals surface area (Å²) in [5.41, 5.74) is 1.39. The number of sulfonamides is 1. The minimum atomic E-state index is -3.83. The minimum absolute atomic E-state index is 0.119. The first-order chi connectivity index (χ1) is 15.2. The number of aromatic nitrogens is 2. The van der Waals surface area contributed by atoms with Crippen LogP contribution in [0, 0.1) is 13.8 Å². The molecule has 1 aliphatic rings. The number of halogens is 2. The highest BCUT2D eigenvalue weighted by Gasteiger charge is 2.41. The number of rotatable bonds is 5. The van der Waals surface area contributed by atoms with Gasteiger partial charge in [-0.15, -0.1) is 0 Å². The highest BCUT2D eigenvalue weighted by molar-refractivity contribution is 7.99. The first-order valence-corrected chi connectivity index (χ1v) is 13.0. The van der Waals surface area contributed by atoms with E-state index < -0.39 is 16.1 Å². The Labute approximate surface area is 201 Å². The third-order valence-electron chi connectivity index (χ3n) is 5.38. The second-order valence-corrected chi connectivity index (χ2v) is 11.4. The van der Waals surface area contributed by atoms with Crippen LogP contribution in [0.4, 0.5) is 0 Å². The number of hydrogen-bond acceptors (Lipinski definition) is 5. The van der Waals surface area contributed by atoms with Crippen LogP contribution in [-0.2, 0) is 10.0 Å². The molecule has 10 heteroatoms. The van der Waals surface area contributed by atoms with Gasteiger partial charge in [0.1, 0.15) is 6.04 Å². The lowest BCUT2D eigenvalue weighted by atomic mass is 10.2. The summed E-state index contributed by atoms with van der Waals surface area (Å²) in [6.07, 6.45) is 1.05. The van der Waals surface area contributed by atoms with Crippen LogP contribution in [-0.4, -0.2) is 41.0 Å². The lowest BCUT2D eigenvalue weighted by Gasteiger charge is -2.23. The van der Waals surface area contributed by atoms with Gasteiger partial charge in [0.15, 0.2) is 0 Å². The van der Waals surface area contributed by atoms with Gasteiger partial charge >= 0.3 is 0 Å². The summed E-state index contributed by atoms with van der Waals surface area (Å²) in [7, 11) is -3.83. The summed E-state index contributed by atoms with van der Waals surface area (Å²) in [4.78, 5) is 15.4. The molecular formula is C22H21Cl2N3O3S2. The molecule has 4 rings (SSSR count). The maximum absolute atomic E-state index is 13.4. The fraction of sp³-hybridized carbons (Fsp3) is 0.273. The summed E-state index contributed by atoms with van der Waals surface area (Å²) in [6, 6.07) is 12.6. The molecule has 0 aliphatic carbocycles. The molecule has 2 aromatic carbocycles. The summed E-state index contributed by atoms with van der Waals surface area (Å²) in [5, 5.41) is 5.55. The first kappa shape index (κ1) is 23.3. The van der Waals surface area contributed by atoms with E-state index in [1.807, 2.05) is 38.1 Å². The molecule has 0 bridgehead atoms. The van der Waals surface area contributed by atoms with Gasteiger partial charge in [0.25, 0.3) is 5.91 Å². The summed E-state index contributed by atoms with van der Waals surface area (Å²) in [6.45, 7) is 3.95. The number of nitrogens with zero attached hydrogens (tertiary/aromatic N) is 3. The Morgan fingerprint density at radius 2 is 1.62 bits per heavy atom. The second kappa shape index (κ2) is 9.19. The van der Waals surface area contributed by atoms with E-state index in [1.165, 1.54) is 45.0 Å². The second-order valence-electron chi connectivity index (χ2n) is 7.53. The standard InChI is InChI=1S/C22H21Cl2N3O3S2/c1-14-21(31-18-9-5-16(23)6-10-18)15(2)27(25-14)22(28)20-4-3-13-26(20)32(29,30)19-11-7-17(24)8-12-19/h5-12,20H,3-4,13H2,1-2H3/t20-/m1/s1. The lowest BCUT2D eigenvalue weighted by Crippen LogP contribution is -2.43. The van der Waals surface area contributed by atoms with Crippen molar-refractivity contribution in [2.24, 2.45) is 0 Å². The van der Waals surface area contributed by atoms with Gasteiger partial charge in [0.05, 0.1) is 21.2 Å². The monoisotopic (exact) mass is 509 g/mol. The summed E-state index contributed by atoms with van der Waals surface area (Å²) >= 11 is 13.4. The van der Waals surface area contributed by atoms with Gasteiger partial charge in [-0.3, -0.25) is 4.79 Å². The molecule has 0 saturated carbocycles. The summed E-state index contributed by atoms with van der Waals surface area (Å²) < 4.78 is 29.0. The van der Waals surface area contributed by atoms with Gasteiger partial charge < -0.3 is 0 Å². The molecule has 1 fully saturated rings. The Kier molecular flexibility index (Phi) is 6.70. The molecule has 0 radical (unpaired) electrons. The molecule has 6 nitrogen and oxygen atoms in total. The third kappa shape index (κ3) is 4.47. The molecule has 1 aliphatic heterocycles. The smallest absolute Gasteiger partial charge is 0.265 e. The average molecular weight is 510 g/mol. The largest absolute Gasteiger partial charge is 0.271 e. The molecule has 1 aromatic heterocycles. The van der Waals surface area contributed by atoms with Crippen LogP contribution in [0.25, 0.3) is 0 Å². The van der Waals surface area contributed by atoms with Crippen LogP contribution in [0.3, 0.4) is 0 Å². The molecule has 1 saturated heterocycles. The molecule has 3 aromatic rings.